The molecule has 5 heteroatoms. The molecule has 0 saturated carbocycles. The van der Waals surface area contributed by atoms with E-state index in [0.29, 0.717) is 0 Å². The topological polar surface area (TPSA) is 57.0 Å². The fraction of sp³-hybridized carbons (Fsp3) is 0. The third-order valence-corrected chi connectivity index (χ3v) is 0. The minimum Gasteiger partial charge on any atom is 4.00 e. The van der Waals surface area contributed by atoms with Crippen LogP contribution in [0.25, 0.3) is 0 Å². The van der Waals surface area contributed by atoms with Crippen LogP contribution in [0.4, 0.5) is 0 Å². The van der Waals surface area contributed by atoms with E-state index in [2.05, 4.69) is 0 Å². The monoisotopic (exact) mass is 220 g/mol. The summed E-state index contributed by atoms with van der Waals surface area (Å²) in [5.41, 5.74) is 0. The van der Waals surface area contributed by atoms with Crippen LogP contribution in [0.1, 0.15) is 1.43 Å². The molecule has 0 amide bonds. The molecule has 0 radical (unpaired) electrons. The summed E-state index contributed by atoms with van der Waals surface area (Å²) in [6, 6.07) is 0. The van der Waals surface area contributed by atoms with Crippen molar-refractivity contribution in [1.82, 2.24) is 0 Å². The Labute approximate surface area is 76.0 Å². The third-order valence-electron chi connectivity index (χ3n) is 0. The molecule has 0 N–H and O–H groups in total. The van der Waals surface area contributed by atoms with Crippen molar-refractivity contribution in [2.45, 2.75) is 0 Å². The van der Waals surface area contributed by atoms with Gasteiger partial charge in [0, 0.05) is 0 Å². The molecule has 0 aliphatic carbocycles. The summed E-state index contributed by atoms with van der Waals surface area (Å²) in [5.74, 6) is 0. The van der Waals surface area contributed by atoms with Crippen molar-refractivity contribution < 1.29 is 53.0 Å². The van der Waals surface area contributed by atoms with Crippen molar-refractivity contribution in [3.63, 3.8) is 0 Å². The van der Waals surface area contributed by atoms with Crippen LogP contribution < -0.4 is 18.9 Å². The Morgan fingerprint density at radius 3 is 1.00 bits per heavy atom. The molecule has 2 nitrogen and oxygen atoms in total. The van der Waals surface area contributed by atoms with Crippen LogP contribution in [0, 0.1) is 0 Å². The average Bonchev–Trinajstić information content (AvgIpc) is 0. The molecule has 0 aliphatic rings. The van der Waals surface area contributed by atoms with Crippen molar-refractivity contribution >= 4 is 23.7 Å². The van der Waals surface area contributed by atoms with Gasteiger partial charge in [0.1, 0.15) is 0 Å². The molecule has 0 atom stereocenters. The molecule has 0 unspecified atom stereocenters. The van der Waals surface area contributed by atoms with Gasteiger partial charge in [0.2, 0.25) is 0 Å². The first kappa shape index (κ1) is 62.3. The quantitative estimate of drug-likeness (QED) is 0.371. The van der Waals surface area contributed by atoms with E-state index in [1.54, 1.807) is 0 Å². The smallest absolute Gasteiger partial charge is 4.00 e. The predicted octanol–water partition coefficient (Wildman–Crippen LogP) is -4.04. The largest absolute Gasteiger partial charge is 4.00 e. The van der Waals surface area contributed by atoms with E-state index < -0.39 is 0 Å². The van der Waals surface area contributed by atoms with Gasteiger partial charge in [-0.2, -0.15) is 0 Å². The van der Waals surface area contributed by atoms with E-state index in [1.165, 1.54) is 0 Å². The first-order valence-corrected chi connectivity index (χ1v) is 0. The maximum Gasteiger partial charge on any atom is 4.00 e. The van der Waals surface area contributed by atoms with Gasteiger partial charge in [-0.1, -0.05) is 0 Å². The molecule has 0 rings (SSSR count). The summed E-state index contributed by atoms with van der Waals surface area (Å²) in [4.78, 5) is 0. The SMILES string of the molecule is [H-].[Li+].[O-2].[O-2].[TeH2].[Ti+4]. The van der Waals surface area contributed by atoms with Crippen molar-refractivity contribution in [2.24, 2.45) is 0 Å². The van der Waals surface area contributed by atoms with Crippen LogP contribution in [0.5, 0.6) is 0 Å². The fourth-order valence-electron chi connectivity index (χ4n) is 0. The number of hydrogen-bond acceptors (Lipinski definition) is 0. The van der Waals surface area contributed by atoms with Crippen molar-refractivity contribution in [3.8, 4) is 0 Å². The molecule has 26 valence electrons. The molecular formula is H3LiO2TeTi. The van der Waals surface area contributed by atoms with Crippen LogP contribution >= 0.6 is 0 Å². The second-order valence-electron chi connectivity index (χ2n) is 0. The minimum atomic E-state index is 0. The molecule has 0 aromatic heterocycles. The van der Waals surface area contributed by atoms with Gasteiger partial charge in [-0.05, 0) is 0 Å². The summed E-state index contributed by atoms with van der Waals surface area (Å²) >= 11 is 0. The van der Waals surface area contributed by atoms with Gasteiger partial charge in [-0.15, -0.1) is 0 Å². The molecule has 0 aromatic carbocycles. The van der Waals surface area contributed by atoms with E-state index in [0.717, 1.165) is 0 Å². The van der Waals surface area contributed by atoms with E-state index >= 15 is 0 Å². The average molecular weight is 217 g/mol. The van der Waals surface area contributed by atoms with Crippen LogP contribution in [0.2, 0.25) is 0 Å². The summed E-state index contributed by atoms with van der Waals surface area (Å²) < 4.78 is 0. The Morgan fingerprint density at radius 1 is 1.00 bits per heavy atom. The van der Waals surface area contributed by atoms with E-state index in [9.17, 15) is 0 Å². The maximum absolute atomic E-state index is 0. The van der Waals surface area contributed by atoms with E-state index in [-0.39, 0.29) is 76.6 Å². The van der Waals surface area contributed by atoms with Gasteiger partial charge >= 0.3 is 64.2 Å². The molecule has 0 bridgehead atoms. The van der Waals surface area contributed by atoms with Crippen LogP contribution in [-0.2, 0) is 32.7 Å². The van der Waals surface area contributed by atoms with Gasteiger partial charge < -0.3 is 12.4 Å². The zero-order chi connectivity index (χ0) is 0. The molecule has 0 aromatic rings. The van der Waals surface area contributed by atoms with Crippen molar-refractivity contribution in [1.29, 1.82) is 0 Å². The van der Waals surface area contributed by atoms with Gasteiger partial charge in [-0.25, -0.2) is 0 Å². The second kappa shape index (κ2) is 37.2. The third kappa shape index (κ3) is 23.8. The van der Waals surface area contributed by atoms with Crippen molar-refractivity contribution in [3.05, 3.63) is 0 Å². The molecule has 5 heavy (non-hydrogen) atoms. The molecular weight excluding hydrogens is 214 g/mol. The minimum absolute atomic E-state index is 0. The number of rotatable bonds is 0. The Morgan fingerprint density at radius 2 is 1.00 bits per heavy atom. The zero-order valence-corrected chi connectivity index (χ0v) is 7.23. The summed E-state index contributed by atoms with van der Waals surface area (Å²) in [7, 11) is 0. The Hall–Kier alpha value is 2.02. The maximum atomic E-state index is 0. The van der Waals surface area contributed by atoms with E-state index in [1.807, 2.05) is 0 Å². The van der Waals surface area contributed by atoms with Crippen LogP contribution in [0.3, 0.4) is 0 Å². The molecule has 0 saturated heterocycles. The predicted molar refractivity (Wildman–Crippen MR) is 11.0 cm³/mol. The van der Waals surface area contributed by atoms with Gasteiger partial charge in [0.05, 0.1) is 0 Å². The molecule has 0 spiro atoms. The molecule has 0 fully saturated rings. The zero-order valence-electron chi connectivity index (χ0n) is 3.82. The first-order valence-electron chi connectivity index (χ1n) is 0. The normalized spacial score (nSPS) is 0. The molecule has 0 aliphatic heterocycles. The Kier molecular flexibility index (Phi) is 463. The standard InChI is InChI=1S/Li.2O.H2Te.Ti.H/h;;;1H2;;/q+1;2*-2;;+4;-1. The molecule has 0 heterocycles. The van der Waals surface area contributed by atoms with Crippen molar-refractivity contribution in [2.75, 3.05) is 0 Å². The summed E-state index contributed by atoms with van der Waals surface area (Å²) in [6.45, 7) is 0. The van der Waals surface area contributed by atoms with Gasteiger partial charge in [0.15, 0.2) is 0 Å². The van der Waals surface area contributed by atoms with Gasteiger partial charge in [-0.3, -0.25) is 0 Å². The summed E-state index contributed by atoms with van der Waals surface area (Å²) in [6.07, 6.45) is 0. The fourth-order valence-corrected chi connectivity index (χ4v) is 0. The van der Waals surface area contributed by atoms with E-state index in [4.69, 9.17) is 0 Å². The second-order valence-corrected chi connectivity index (χ2v) is 0. The first-order chi connectivity index (χ1) is 0. The Bertz CT molecular complexity index is 13.5. The van der Waals surface area contributed by atoms with Crippen LogP contribution in [0.15, 0.2) is 0 Å². The summed E-state index contributed by atoms with van der Waals surface area (Å²) in [5, 5.41) is 0. The Balaban J connectivity index is 0. The van der Waals surface area contributed by atoms with Gasteiger partial charge in [0.25, 0.3) is 0 Å². The number of hydrogen-bond donors (Lipinski definition) is 0. The van der Waals surface area contributed by atoms with Crippen LogP contribution in [-0.4, -0.2) is 23.7 Å².